The molecule has 1 atom stereocenters. The number of piperazine rings is 1. The number of thioether (sulfide) groups is 1. The summed E-state index contributed by atoms with van der Waals surface area (Å²) in [6.45, 7) is 5.30. The summed E-state index contributed by atoms with van der Waals surface area (Å²) in [5.74, 6) is 3.39. The van der Waals surface area contributed by atoms with Gasteiger partial charge < -0.3 is 14.5 Å². The SMILES string of the molecule is CCCCN1C(=O)[C@@H]2CSCN2C(=O)C12CCN(Cc1ccc(Oc3ccccc3)cc1)CC2.Cl. The number of para-hydroxylation sites is 1. The van der Waals surface area contributed by atoms with Crippen LogP contribution in [0.3, 0.4) is 0 Å². The number of likely N-dealkylation sites (tertiary alicyclic amines) is 1. The highest BCUT2D eigenvalue weighted by atomic mass is 35.5. The van der Waals surface area contributed by atoms with E-state index >= 15 is 0 Å². The van der Waals surface area contributed by atoms with E-state index in [1.165, 1.54) is 5.56 Å². The fourth-order valence-electron chi connectivity index (χ4n) is 5.37. The first-order valence-electron chi connectivity index (χ1n) is 12.4. The molecule has 3 saturated heterocycles. The van der Waals surface area contributed by atoms with Crippen molar-refractivity contribution < 1.29 is 14.3 Å². The molecule has 6 nitrogen and oxygen atoms in total. The van der Waals surface area contributed by atoms with Gasteiger partial charge in [-0.3, -0.25) is 14.5 Å². The quantitative estimate of drug-likeness (QED) is 0.531. The monoisotopic (exact) mass is 515 g/mol. The molecule has 2 aromatic rings. The number of piperidine rings is 1. The Hall–Kier alpha value is -2.22. The summed E-state index contributed by atoms with van der Waals surface area (Å²) in [4.78, 5) is 33.2. The van der Waals surface area contributed by atoms with Crippen molar-refractivity contribution in [2.24, 2.45) is 0 Å². The molecule has 2 amide bonds. The highest BCUT2D eigenvalue weighted by molar-refractivity contribution is 7.99. The maximum Gasteiger partial charge on any atom is 0.250 e. The van der Waals surface area contributed by atoms with E-state index in [9.17, 15) is 9.59 Å². The molecule has 3 heterocycles. The third-order valence-electron chi connectivity index (χ3n) is 7.34. The predicted molar refractivity (Wildman–Crippen MR) is 142 cm³/mol. The minimum Gasteiger partial charge on any atom is -0.457 e. The van der Waals surface area contributed by atoms with E-state index in [0.29, 0.717) is 25.3 Å². The van der Waals surface area contributed by atoms with Gasteiger partial charge >= 0.3 is 0 Å². The van der Waals surface area contributed by atoms with Crippen LogP contribution in [-0.2, 0) is 16.1 Å². The zero-order chi connectivity index (χ0) is 23.5. The lowest BCUT2D eigenvalue weighted by atomic mass is 9.81. The summed E-state index contributed by atoms with van der Waals surface area (Å²) in [5.41, 5.74) is 0.568. The number of hydrogen-bond donors (Lipinski definition) is 0. The molecule has 5 rings (SSSR count). The van der Waals surface area contributed by atoms with Crippen LogP contribution in [0.15, 0.2) is 54.6 Å². The minimum atomic E-state index is -0.655. The number of fused-ring (bicyclic) bond motifs is 1. The largest absolute Gasteiger partial charge is 0.457 e. The number of rotatable bonds is 7. The van der Waals surface area contributed by atoms with Gasteiger partial charge in [-0.1, -0.05) is 43.7 Å². The smallest absolute Gasteiger partial charge is 0.250 e. The molecule has 0 saturated carbocycles. The standard InChI is InChI=1S/C27H33N3O3S.ClH/c1-2-3-15-30-25(31)24-19-34-20-29(24)26(32)27(30)13-16-28(17-14-27)18-21-9-11-23(12-10-21)33-22-7-5-4-6-8-22;/h4-12,24H,2-3,13-20H2,1H3;1H/t24-;/m0./s1. The summed E-state index contributed by atoms with van der Waals surface area (Å²) in [5, 5.41) is 0. The van der Waals surface area contributed by atoms with E-state index < -0.39 is 5.54 Å². The summed E-state index contributed by atoms with van der Waals surface area (Å²) in [6.07, 6.45) is 3.39. The number of ether oxygens (including phenoxy) is 1. The molecule has 0 aromatic heterocycles. The number of carbonyl (C=O) groups is 2. The third kappa shape index (κ3) is 5.18. The number of halogens is 1. The molecule has 1 spiro atoms. The first-order chi connectivity index (χ1) is 16.6. The number of hydrogen-bond acceptors (Lipinski definition) is 5. The van der Waals surface area contributed by atoms with Gasteiger partial charge in [-0.2, -0.15) is 0 Å². The van der Waals surface area contributed by atoms with Gasteiger partial charge in [-0.15, -0.1) is 24.2 Å². The van der Waals surface area contributed by atoms with E-state index in [4.69, 9.17) is 4.74 Å². The average molecular weight is 516 g/mol. The van der Waals surface area contributed by atoms with Crippen LogP contribution in [0.1, 0.15) is 38.2 Å². The van der Waals surface area contributed by atoms with Crippen LogP contribution in [0, 0.1) is 0 Å². The van der Waals surface area contributed by atoms with Crippen molar-refractivity contribution >= 4 is 36.0 Å². The molecule has 0 unspecified atom stereocenters. The zero-order valence-electron chi connectivity index (χ0n) is 20.2. The molecule has 0 N–H and O–H groups in total. The van der Waals surface area contributed by atoms with Crippen molar-refractivity contribution in [1.82, 2.24) is 14.7 Å². The molecule has 8 heteroatoms. The molecule has 35 heavy (non-hydrogen) atoms. The van der Waals surface area contributed by atoms with E-state index in [-0.39, 0.29) is 30.3 Å². The fourth-order valence-corrected chi connectivity index (χ4v) is 6.52. The van der Waals surface area contributed by atoms with Gasteiger partial charge in [0.05, 0.1) is 5.88 Å². The van der Waals surface area contributed by atoms with Crippen molar-refractivity contribution in [3.8, 4) is 11.5 Å². The van der Waals surface area contributed by atoms with E-state index in [1.54, 1.807) is 11.8 Å². The van der Waals surface area contributed by atoms with Crippen LogP contribution in [-0.4, -0.2) is 69.4 Å². The molecule has 3 aliphatic rings. The van der Waals surface area contributed by atoms with Crippen LogP contribution in [0.25, 0.3) is 0 Å². The first-order valence-corrected chi connectivity index (χ1v) is 13.5. The van der Waals surface area contributed by atoms with Gasteiger partial charge in [0.25, 0.3) is 0 Å². The summed E-state index contributed by atoms with van der Waals surface area (Å²) in [6, 6.07) is 17.8. The summed E-state index contributed by atoms with van der Waals surface area (Å²) >= 11 is 1.70. The topological polar surface area (TPSA) is 53.1 Å². The molecule has 2 aromatic carbocycles. The van der Waals surface area contributed by atoms with Crippen LogP contribution < -0.4 is 4.74 Å². The van der Waals surface area contributed by atoms with Gasteiger partial charge in [-0.05, 0) is 49.1 Å². The van der Waals surface area contributed by atoms with Gasteiger partial charge in [0.1, 0.15) is 23.1 Å². The Kier molecular flexibility index (Phi) is 8.30. The van der Waals surface area contributed by atoms with Crippen LogP contribution in [0.2, 0.25) is 0 Å². The lowest BCUT2D eigenvalue weighted by Crippen LogP contribution is -2.72. The Morgan fingerprint density at radius 1 is 1.00 bits per heavy atom. The fraction of sp³-hybridized carbons (Fsp3) is 0.481. The van der Waals surface area contributed by atoms with Crippen molar-refractivity contribution in [3.05, 3.63) is 60.2 Å². The lowest BCUT2D eigenvalue weighted by molar-refractivity contribution is -0.172. The second-order valence-corrected chi connectivity index (χ2v) is 10.5. The van der Waals surface area contributed by atoms with Gasteiger partial charge in [-0.25, -0.2) is 0 Å². The number of nitrogens with zero attached hydrogens (tertiary/aromatic N) is 3. The zero-order valence-corrected chi connectivity index (χ0v) is 21.9. The normalized spacial score (nSPS) is 21.7. The third-order valence-corrected chi connectivity index (χ3v) is 8.35. The second kappa shape index (κ2) is 11.2. The molecule has 3 fully saturated rings. The second-order valence-electron chi connectivity index (χ2n) is 9.50. The minimum absolute atomic E-state index is 0. The first kappa shape index (κ1) is 25.9. The molecular formula is C27H34ClN3O3S. The van der Waals surface area contributed by atoms with Gasteiger partial charge in [0.15, 0.2) is 0 Å². The Labute approximate surface area is 218 Å². The molecule has 0 radical (unpaired) electrons. The molecule has 188 valence electrons. The Balaban J connectivity index is 0.00000289. The van der Waals surface area contributed by atoms with Crippen molar-refractivity contribution in [2.45, 2.75) is 50.7 Å². The Morgan fingerprint density at radius 3 is 2.37 bits per heavy atom. The summed E-state index contributed by atoms with van der Waals surface area (Å²) < 4.78 is 5.90. The van der Waals surface area contributed by atoms with E-state index in [1.807, 2.05) is 52.3 Å². The maximum atomic E-state index is 13.6. The summed E-state index contributed by atoms with van der Waals surface area (Å²) in [7, 11) is 0. The Bertz CT molecular complexity index is 1010. The van der Waals surface area contributed by atoms with Crippen molar-refractivity contribution in [2.75, 3.05) is 31.3 Å². The average Bonchev–Trinajstić information content (AvgIpc) is 3.36. The van der Waals surface area contributed by atoms with Gasteiger partial charge in [0, 0.05) is 31.9 Å². The van der Waals surface area contributed by atoms with E-state index in [2.05, 4.69) is 24.0 Å². The van der Waals surface area contributed by atoms with E-state index in [0.717, 1.165) is 49.7 Å². The molecule has 0 aliphatic carbocycles. The van der Waals surface area contributed by atoms with Crippen molar-refractivity contribution in [1.29, 1.82) is 0 Å². The van der Waals surface area contributed by atoms with Crippen LogP contribution >= 0.6 is 24.2 Å². The number of carbonyl (C=O) groups excluding carboxylic acids is 2. The number of benzene rings is 2. The molecule has 3 aliphatic heterocycles. The highest BCUT2D eigenvalue weighted by Gasteiger charge is 2.57. The Morgan fingerprint density at radius 2 is 1.69 bits per heavy atom. The number of unbranched alkanes of at least 4 members (excludes halogenated alkanes) is 1. The highest BCUT2D eigenvalue weighted by Crippen LogP contribution is 2.40. The predicted octanol–water partition coefficient (Wildman–Crippen LogP) is 4.78. The van der Waals surface area contributed by atoms with Gasteiger partial charge in [0.2, 0.25) is 11.8 Å². The molecular weight excluding hydrogens is 482 g/mol. The number of amides is 2. The molecule has 0 bridgehead atoms. The van der Waals surface area contributed by atoms with Crippen LogP contribution in [0.5, 0.6) is 11.5 Å². The maximum absolute atomic E-state index is 13.6. The van der Waals surface area contributed by atoms with Crippen molar-refractivity contribution in [3.63, 3.8) is 0 Å². The lowest BCUT2D eigenvalue weighted by Gasteiger charge is -2.53. The van der Waals surface area contributed by atoms with Crippen LogP contribution in [0.4, 0.5) is 0 Å².